The van der Waals surface area contributed by atoms with E-state index in [-0.39, 0.29) is 23.1 Å². The van der Waals surface area contributed by atoms with Crippen LogP contribution in [-0.4, -0.2) is 43.0 Å². The average molecular weight is 561 g/mol. The number of hydrogen-bond donors (Lipinski definition) is 2. The van der Waals surface area contributed by atoms with Crippen LogP contribution in [0.25, 0.3) is 45.4 Å². The highest BCUT2D eigenvalue weighted by molar-refractivity contribution is 5.96. The number of aromatic nitrogens is 4. The summed E-state index contributed by atoms with van der Waals surface area (Å²) < 4.78 is 0. The Bertz CT molecular complexity index is 1560. The van der Waals surface area contributed by atoms with E-state index in [4.69, 9.17) is 9.97 Å². The second-order valence-electron chi connectivity index (χ2n) is 10.9. The zero-order valence-corrected chi connectivity index (χ0v) is 25.9. The van der Waals surface area contributed by atoms with Crippen LogP contribution < -0.4 is 0 Å². The maximum absolute atomic E-state index is 5.58. The van der Waals surface area contributed by atoms with Crippen LogP contribution in [0.1, 0.15) is 124 Å². The maximum atomic E-state index is 5.58. The highest BCUT2D eigenvalue weighted by Crippen LogP contribution is 2.40. The number of nitrogens with zero attached hydrogens (tertiary/aromatic N) is 2. The molecule has 0 aliphatic carbocycles. The summed E-state index contributed by atoms with van der Waals surface area (Å²) in [5.41, 5.74) is 20.4. The molecular formula is C36H48MgN4. The molecule has 5 heterocycles. The molecule has 8 bridgehead atoms. The van der Waals surface area contributed by atoms with Gasteiger partial charge >= 0.3 is 23.1 Å². The van der Waals surface area contributed by atoms with E-state index in [1.165, 1.54) is 78.0 Å². The van der Waals surface area contributed by atoms with Gasteiger partial charge < -0.3 is 9.97 Å². The third kappa shape index (κ3) is 5.25. The lowest BCUT2D eigenvalue weighted by molar-refractivity contribution is 1.04. The SMILES string of the molecule is CCC1=C(CC)c2nc1c(CC)c1[nH]c(cc3nc(cc4[nH]c(c2CC)c(CC)c4CC)C=C3)c(CC)c1CC.[MgH2]. The minimum absolute atomic E-state index is 0. The predicted molar refractivity (Wildman–Crippen MR) is 182 cm³/mol. The van der Waals surface area contributed by atoms with Crippen molar-refractivity contribution < 1.29 is 0 Å². The molecule has 2 N–H and O–H groups in total. The summed E-state index contributed by atoms with van der Waals surface area (Å²) in [5, 5.41) is 0. The van der Waals surface area contributed by atoms with Crippen molar-refractivity contribution in [1.29, 1.82) is 0 Å². The summed E-state index contributed by atoms with van der Waals surface area (Å²) >= 11 is 0. The fourth-order valence-corrected chi connectivity index (χ4v) is 7.12. The molecule has 2 aliphatic rings. The second kappa shape index (κ2) is 13.1. The van der Waals surface area contributed by atoms with Crippen LogP contribution in [-0.2, 0) is 38.5 Å². The Balaban J connectivity index is 0.00000387. The molecule has 3 aromatic rings. The molecule has 0 atom stereocenters. The molecule has 5 heteroatoms. The first-order valence-corrected chi connectivity index (χ1v) is 15.7. The van der Waals surface area contributed by atoms with Crippen molar-refractivity contribution >= 4 is 68.4 Å². The molecule has 3 aromatic heterocycles. The van der Waals surface area contributed by atoms with Gasteiger partial charge in [0, 0.05) is 33.2 Å². The summed E-state index contributed by atoms with van der Waals surface area (Å²) in [6, 6.07) is 4.47. The molecule has 0 amide bonds. The van der Waals surface area contributed by atoms with E-state index in [2.05, 4.69) is 89.6 Å². The number of aryl methyl sites for hydroxylation is 6. The van der Waals surface area contributed by atoms with E-state index in [0.29, 0.717) is 0 Å². The van der Waals surface area contributed by atoms with Crippen LogP contribution in [0.15, 0.2) is 12.1 Å². The molecule has 5 rings (SSSR count). The number of aromatic amines is 2. The largest absolute Gasteiger partial charge is 0.355 e. The molecule has 4 nitrogen and oxygen atoms in total. The number of fused-ring (bicyclic) bond motifs is 8. The topological polar surface area (TPSA) is 57.4 Å². The van der Waals surface area contributed by atoms with Crippen molar-refractivity contribution in [3.63, 3.8) is 0 Å². The third-order valence-corrected chi connectivity index (χ3v) is 8.93. The lowest BCUT2D eigenvalue weighted by atomic mass is 9.93. The summed E-state index contributed by atoms with van der Waals surface area (Å²) in [4.78, 5) is 18.4. The van der Waals surface area contributed by atoms with Crippen LogP contribution in [0.3, 0.4) is 0 Å². The van der Waals surface area contributed by atoms with Crippen molar-refractivity contribution in [1.82, 2.24) is 19.9 Å². The van der Waals surface area contributed by atoms with Gasteiger partial charge in [-0.2, -0.15) is 0 Å². The molecule has 2 aliphatic heterocycles. The van der Waals surface area contributed by atoms with E-state index in [0.717, 1.165) is 62.8 Å². The molecular weight excluding hydrogens is 513 g/mol. The zero-order valence-electron chi connectivity index (χ0n) is 25.9. The summed E-state index contributed by atoms with van der Waals surface area (Å²) in [5.74, 6) is 0. The first kappa shape index (κ1) is 31.3. The van der Waals surface area contributed by atoms with E-state index in [1.807, 2.05) is 0 Å². The van der Waals surface area contributed by atoms with E-state index in [9.17, 15) is 0 Å². The molecule has 0 fully saturated rings. The standard InChI is InChI=1S/C36H46N4.Mg.2H/c1-9-23-25(11-3)33-29(15-7)35-27(13-5)28(14-6)36(40-35)30(16-8)34-26(12-4)24(10-2)32(39-34)20-22-18-17-21(37-22)19-31(23)38-33;;;/h17-20,38-39H,9-16H2,1-8H3;;;. The highest BCUT2D eigenvalue weighted by Gasteiger charge is 2.25. The first-order valence-electron chi connectivity index (χ1n) is 15.7. The fraction of sp³-hybridized carbons (Fsp3) is 0.444. The number of rotatable bonds is 8. The lowest BCUT2D eigenvalue weighted by Crippen LogP contribution is -1.95. The van der Waals surface area contributed by atoms with Crippen molar-refractivity contribution in [2.75, 3.05) is 0 Å². The van der Waals surface area contributed by atoms with Gasteiger partial charge in [-0.25, -0.2) is 9.97 Å². The van der Waals surface area contributed by atoms with Crippen LogP contribution >= 0.6 is 0 Å². The fourth-order valence-electron chi connectivity index (χ4n) is 7.12. The van der Waals surface area contributed by atoms with Crippen molar-refractivity contribution in [3.8, 4) is 0 Å². The van der Waals surface area contributed by atoms with E-state index >= 15 is 0 Å². The van der Waals surface area contributed by atoms with Crippen molar-refractivity contribution in [3.05, 3.63) is 68.3 Å². The Labute approximate surface area is 262 Å². The van der Waals surface area contributed by atoms with Gasteiger partial charge in [-0.15, -0.1) is 0 Å². The van der Waals surface area contributed by atoms with Crippen LogP contribution in [0.2, 0.25) is 0 Å². The van der Waals surface area contributed by atoms with Gasteiger partial charge in [-0.05, 0) is 109 Å². The molecule has 0 aromatic carbocycles. The second-order valence-corrected chi connectivity index (χ2v) is 10.9. The van der Waals surface area contributed by atoms with Gasteiger partial charge in [0.05, 0.1) is 22.8 Å². The van der Waals surface area contributed by atoms with E-state index < -0.39 is 0 Å². The van der Waals surface area contributed by atoms with Gasteiger partial charge in [0.2, 0.25) is 0 Å². The summed E-state index contributed by atoms with van der Waals surface area (Å²) in [6.45, 7) is 18.3. The smallest absolute Gasteiger partial charge is 0.316 e. The first-order chi connectivity index (χ1) is 19.5. The number of hydrogen-bond acceptors (Lipinski definition) is 2. The highest BCUT2D eigenvalue weighted by atomic mass is 24.3. The summed E-state index contributed by atoms with van der Waals surface area (Å²) in [7, 11) is 0. The molecule has 0 unspecified atom stereocenters. The van der Waals surface area contributed by atoms with E-state index in [1.54, 1.807) is 0 Å². The zero-order chi connectivity index (χ0) is 28.6. The number of nitrogens with one attached hydrogen (secondary N) is 2. The Morgan fingerprint density at radius 1 is 0.463 bits per heavy atom. The third-order valence-electron chi connectivity index (χ3n) is 8.93. The molecule has 0 saturated carbocycles. The van der Waals surface area contributed by atoms with Crippen LogP contribution in [0.5, 0.6) is 0 Å². The van der Waals surface area contributed by atoms with Crippen molar-refractivity contribution in [2.24, 2.45) is 0 Å². The van der Waals surface area contributed by atoms with Gasteiger partial charge in [0.15, 0.2) is 0 Å². The Hall–Kier alpha value is -2.63. The molecule has 41 heavy (non-hydrogen) atoms. The van der Waals surface area contributed by atoms with Gasteiger partial charge in [0.25, 0.3) is 0 Å². The number of H-pyrrole nitrogens is 2. The Kier molecular flexibility index (Phi) is 10.0. The number of allylic oxidation sites excluding steroid dienone is 2. The van der Waals surface area contributed by atoms with Gasteiger partial charge in [-0.3, -0.25) is 0 Å². The van der Waals surface area contributed by atoms with Crippen LogP contribution in [0, 0.1) is 0 Å². The quantitative estimate of drug-likeness (QED) is 0.212. The lowest BCUT2D eigenvalue weighted by Gasteiger charge is -2.09. The normalized spacial score (nSPS) is 12.8. The summed E-state index contributed by atoms with van der Waals surface area (Å²) in [6.07, 6.45) is 12.1. The molecule has 214 valence electrons. The monoisotopic (exact) mass is 560 g/mol. The Morgan fingerprint density at radius 2 is 0.829 bits per heavy atom. The minimum Gasteiger partial charge on any atom is -0.355 e. The molecule has 0 saturated heterocycles. The average Bonchev–Trinajstić information content (AvgIpc) is 3.73. The maximum Gasteiger partial charge on any atom is 0.316 e. The molecule has 0 radical (unpaired) electrons. The van der Waals surface area contributed by atoms with Gasteiger partial charge in [0.1, 0.15) is 0 Å². The Morgan fingerprint density at radius 3 is 1.15 bits per heavy atom. The van der Waals surface area contributed by atoms with Gasteiger partial charge in [-0.1, -0.05) is 55.4 Å². The minimum atomic E-state index is 0. The predicted octanol–water partition coefficient (Wildman–Crippen LogP) is 8.67. The molecule has 0 spiro atoms. The van der Waals surface area contributed by atoms with Crippen molar-refractivity contribution in [2.45, 2.75) is 107 Å². The van der Waals surface area contributed by atoms with Crippen LogP contribution in [0.4, 0.5) is 0 Å².